The Morgan fingerprint density at radius 3 is 2.67 bits per heavy atom. The van der Waals surface area contributed by atoms with Gasteiger partial charge < -0.3 is 15.3 Å². The van der Waals surface area contributed by atoms with Crippen LogP contribution in [-0.4, -0.2) is 21.5 Å². The molecule has 6 heteroatoms. The molecular weight excluding hydrogens is 264 g/mol. The van der Waals surface area contributed by atoms with Gasteiger partial charge in [0.1, 0.15) is 0 Å². The quantitative estimate of drug-likeness (QED) is 0.750. The van der Waals surface area contributed by atoms with Crippen molar-refractivity contribution in [3.63, 3.8) is 0 Å². The number of hydrogen-bond acceptors (Lipinski definition) is 4. The summed E-state index contributed by atoms with van der Waals surface area (Å²) in [6.45, 7) is 0.645. The van der Waals surface area contributed by atoms with Gasteiger partial charge in [0.05, 0.1) is 0 Å². The zero-order valence-electron chi connectivity index (χ0n) is 9.51. The lowest BCUT2D eigenvalue weighted by Gasteiger charge is -2.01. The third kappa shape index (κ3) is 3.90. The molecule has 0 bridgehead atoms. The summed E-state index contributed by atoms with van der Waals surface area (Å²) in [6, 6.07) is 10.1. The Labute approximate surface area is 115 Å². The Morgan fingerprint density at radius 2 is 1.94 bits per heavy atom. The van der Waals surface area contributed by atoms with Gasteiger partial charge in [-0.05, 0) is 30.0 Å². The van der Waals surface area contributed by atoms with Crippen LogP contribution in [0.15, 0.2) is 36.4 Å². The number of nitrogens with one attached hydrogen (secondary N) is 3. The zero-order valence-corrected chi connectivity index (χ0v) is 11.1. The minimum atomic E-state index is 0.369. The molecule has 0 aliphatic rings. The maximum absolute atomic E-state index is 4.97. The summed E-state index contributed by atoms with van der Waals surface area (Å²) in [5, 5.41) is 3.09. The molecule has 1 heterocycles. The number of aromatic amines is 2. The van der Waals surface area contributed by atoms with E-state index in [1.165, 1.54) is 0 Å². The van der Waals surface area contributed by atoms with Crippen molar-refractivity contribution >= 4 is 36.5 Å². The van der Waals surface area contributed by atoms with E-state index in [4.69, 9.17) is 24.4 Å². The second-order valence-electron chi connectivity index (χ2n) is 3.54. The molecule has 0 radical (unpaired) electrons. The van der Waals surface area contributed by atoms with E-state index in [1.807, 2.05) is 42.5 Å². The van der Waals surface area contributed by atoms with Crippen molar-refractivity contribution in [2.45, 2.75) is 0 Å². The van der Waals surface area contributed by atoms with Crippen molar-refractivity contribution in [1.82, 2.24) is 15.0 Å². The van der Waals surface area contributed by atoms with Crippen molar-refractivity contribution in [1.29, 1.82) is 0 Å². The smallest absolute Gasteiger partial charge is 0.205 e. The number of benzene rings is 1. The molecule has 2 rings (SSSR count). The largest absolute Gasteiger partial charge is 0.352 e. The second kappa shape index (κ2) is 6.23. The van der Waals surface area contributed by atoms with Gasteiger partial charge in [-0.15, -0.1) is 0 Å². The maximum Gasteiger partial charge on any atom is 0.205 e. The third-order valence-electron chi connectivity index (χ3n) is 2.16. The summed E-state index contributed by atoms with van der Waals surface area (Å²) in [7, 11) is 0. The van der Waals surface area contributed by atoms with E-state index >= 15 is 0 Å². The summed E-state index contributed by atoms with van der Waals surface area (Å²) in [6.07, 6.45) is 4.04. The fourth-order valence-electron chi connectivity index (χ4n) is 1.39. The minimum Gasteiger partial charge on any atom is -0.352 e. The highest BCUT2D eigenvalue weighted by Gasteiger charge is 1.91. The van der Waals surface area contributed by atoms with Gasteiger partial charge in [0, 0.05) is 6.54 Å². The Morgan fingerprint density at radius 1 is 1.17 bits per heavy atom. The Balaban J connectivity index is 1.94. The van der Waals surface area contributed by atoms with Crippen molar-refractivity contribution in [2.24, 2.45) is 0 Å². The summed E-state index contributed by atoms with van der Waals surface area (Å²) >= 11 is 9.90. The molecule has 2 aromatic rings. The predicted octanol–water partition coefficient (Wildman–Crippen LogP) is 3.32. The monoisotopic (exact) mass is 276 g/mol. The average molecular weight is 276 g/mol. The lowest BCUT2D eigenvalue weighted by atomic mass is 10.2. The van der Waals surface area contributed by atoms with Crippen molar-refractivity contribution in [3.05, 3.63) is 51.5 Å². The molecule has 1 aromatic carbocycles. The third-order valence-corrected chi connectivity index (χ3v) is 2.56. The molecule has 92 valence electrons. The molecule has 0 saturated carbocycles. The van der Waals surface area contributed by atoms with E-state index in [2.05, 4.69) is 20.3 Å². The topological polar surface area (TPSA) is 56.5 Å². The molecule has 18 heavy (non-hydrogen) atoms. The Bertz CT molecular complexity index is 615. The molecule has 0 atom stereocenters. The highest BCUT2D eigenvalue weighted by atomic mass is 32.1. The van der Waals surface area contributed by atoms with E-state index < -0.39 is 0 Å². The van der Waals surface area contributed by atoms with Crippen molar-refractivity contribution in [2.75, 3.05) is 11.9 Å². The van der Waals surface area contributed by atoms with Crippen LogP contribution >= 0.6 is 24.4 Å². The van der Waals surface area contributed by atoms with E-state index in [9.17, 15) is 0 Å². The SMILES string of the molecule is S=c1nc(NCC=Cc2ccccc2)[nH]c(=S)[nH]1. The predicted molar refractivity (Wildman–Crippen MR) is 78.6 cm³/mol. The van der Waals surface area contributed by atoms with Crippen LogP contribution in [0.4, 0.5) is 5.95 Å². The van der Waals surface area contributed by atoms with E-state index in [0.29, 0.717) is 22.0 Å². The zero-order chi connectivity index (χ0) is 12.8. The first-order valence-corrected chi connectivity index (χ1v) is 6.22. The van der Waals surface area contributed by atoms with Crippen LogP contribution in [0, 0.1) is 9.54 Å². The van der Waals surface area contributed by atoms with Crippen LogP contribution in [0.25, 0.3) is 6.08 Å². The average Bonchev–Trinajstić information content (AvgIpc) is 2.35. The minimum absolute atomic E-state index is 0.369. The first kappa shape index (κ1) is 12.7. The fraction of sp³-hybridized carbons (Fsp3) is 0.0833. The van der Waals surface area contributed by atoms with Crippen molar-refractivity contribution < 1.29 is 0 Å². The summed E-state index contributed by atoms with van der Waals surface area (Å²) in [5.41, 5.74) is 1.16. The Kier molecular flexibility index (Phi) is 4.38. The van der Waals surface area contributed by atoms with E-state index in [-0.39, 0.29) is 0 Å². The van der Waals surface area contributed by atoms with Gasteiger partial charge in [-0.2, -0.15) is 4.98 Å². The molecule has 0 aliphatic heterocycles. The highest BCUT2D eigenvalue weighted by Crippen LogP contribution is 2.01. The van der Waals surface area contributed by atoms with Crippen molar-refractivity contribution in [3.8, 4) is 0 Å². The molecule has 0 spiro atoms. The highest BCUT2D eigenvalue weighted by molar-refractivity contribution is 7.71. The molecule has 0 fully saturated rings. The standard InChI is InChI=1S/C12H12N4S2/c17-11-14-10(15-12(18)16-11)13-8-4-7-9-5-2-1-3-6-9/h1-7H,8H2,(H3,13,14,15,16,17,18). The lowest BCUT2D eigenvalue weighted by Crippen LogP contribution is -2.04. The summed E-state index contributed by atoms with van der Waals surface area (Å²) in [4.78, 5) is 9.69. The second-order valence-corrected chi connectivity index (χ2v) is 4.33. The first-order valence-electron chi connectivity index (χ1n) is 5.40. The number of anilines is 1. The van der Waals surface area contributed by atoms with Gasteiger partial charge in [0.15, 0.2) is 4.77 Å². The van der Waals surface area contributed by atoms with E-state index in [1.54, 1.807) is 0 Å². The number of aromatic nitrogens is 3. The normalized spacial score (nSPS) is 10.7. The molecule has 4 nitrogen and oxygen atoms in total. The number of H-pyrrole nitrogens is 2. The van der Waals surface area contributed by atoms with Gasteiger partial charge in [-0.3, -0.25) is 0 Å². The number of nitrogens with zero attached hydrogens (tertiary/aromatic N) is 1. The van der Waals surface area contributed by atoms with Crippen LogP contribution < -0.4 is 5.32 Å². The molecule has 1 aromatic heterocycles. The van der Waals surface area contributed by atoms with Crippen LogP contribution in [0.2, 0.25) is 0 Å². The first-order chi connectivity index (χ1) is 8.74. The number of hydrogen-bond donors (Lipinski definition) is 3. The fourth-order valence-corrected chi connectivity index (χ4v) is 1.84. The van der Waals surface area contributed by atoms with Crippen LogP contribution in [-0.2, 0) is 0 Å². The summed E-state index contributed by atoms with van der Waals surface area (Å²) < 4.78 is 0.831. The molecule has 0 saturated heterocycles. The summed E-state index contributed by atoms with van der Waals surface area (Å²) in [5.74, 6) is 0.571. The van der Waals surface area contributed by atoms with Crippen LogP contribution in [0.3, 0.4) is 0 Å². The van der Waals surface area contributed by atoms with Gasteiger partial charge in [0.2, 0.25) is 10.7 Å². The van der Waals surface area contributed by atoms with E-state index in [0.717, 1.165) is 5.56 Å². The molecular formula is C12H12N4S2. The van der Waals surface area contributed by atoms with Crippen LogP contribution in [0.5, 0.6) is 0 Å². The maximum atomic E-state index is 4.97. The molecule has 0 unspecified atom stereocenters. The molecule has 0 amide bonds. The number of rotatable bonds is 4. The van der Waals surface area contributed by atoms with Gasteiger partial charge in [0.25, 0.3) is 0 Å². The molecule has 0 aliphatic carbocycles. The lowest BCUT2D eigenvalue weighted by molar-refractivity contribution is 0.995. The van der Waals surface area contributed by atoms with Crippen LogP contribution in [0.1, 0.15) is 5.56 Å². The Hall–Kier alpha value is -1.79. The van der Waals surface area contributed by atoms with Gasteiger partial charge >= 0.3 is 0 Å². The molecule has 3 N–H and O–H groups in total. The van der Waals surface area contributed by atoms with Gasteiger partial charge in [-0.25, -0.2) is 0 Å². The van der Waals surface area contributed by atoms with Gasteiger partial charge in [-0.1, -0.05) is 42.5 Å².